The third-order valence-corrected chi connectivity index (χ3v) is 2.91. The van der Waals surface area contributed by atoms with Gasteiger partial charge in [-0.05, 0) is 17.7 Å². The molecule has 0 aromatic heterocycles. The summed E-state index contributed by atoms with van der Waals surface area (Å²) in [4.78, 5) is 11.7. The van der Waals surface area contributed by atoms with Gasteiger partial charge in [0, 0.05) is 18.3 Å². The number of rotatable bonds is 4. The van der Waals surface area contributed by atoms with Crippen molar-refractivity contribution >= 4 is 17.6 Å². The Morgan fingerprint density at radius 3 is 2.48 bits per heavy atom. The smallest absolute Gasteiger partial charge is 0.413 e. The van der Waals surface area contributed by atoms with Gasteiger partial charge in [-0.25, -0.2) is 4.79 Å². The van der Waals surface area contributed by atoms with Gasteiger partial charge in [0.2, 0.25) is 0 Å². The van der Waals surface area contributed by atoms with Crippen LogP contribution in [0.25, 0.3) is 0 Å². The average molecular weight is 283 g/mol. The standard InChI is InChI=1S/C16H17N3O2/c1-18-14-10-6-5-9-13(14)15(17)19-16(20)21-11-12-7-3-2-4-8-12/h2-10,18H,11H2,1H3,(H2,17,19,20). The summed E-state index contributed by atoms with van der Waals surface area (Å²) in [5.74, 6) is -0.00184. The van der Waals surface area contributed by atoms with Crippen LogP contribution in [0.4, 0.5) is 10.5 Å². The first kappa shape index (κ1) is 14.6. The molecule has 2 aromatic rings. The van der Waals surface area contributed by atoms with Gasteiger partial charge in [-0.15, -0.1) is 0 Å². The lowest BCUT2D eigenvalue weighted by atomic mass is 10.1. The van der Waals surface area contributed by atoms with Crippen molar-refractivity contribution < 1.29 is 9.53 Å². The Hall–Kier alpha value is -2.82. The van der Waals surface area contributed by atoms with E-state index in [-0.39, 0.29) is 12.4 Å². The van der Waals surface area contributed by atoms with E-state index in [1.807, 2.05) is 48.5 Å². The Balaban J connectivity index is 1.92. The number of nitrogens with one attached hydrogen (secondary N) is 3. The second-order valence-corrected chi connectivity index (χ2v) is 4.36. The van der Waals surface area contributed by atoms with Crippen LogP contribution in [0, 0.1) is 5.41 Å². The second kappa shape index (κ2) is 7.09. The van der Waals surface area contributed by atoms with Gasteiger partial charge in [0.05, 0.1) is 0 Å². The molecule has 0 aliphatic carbocycles. The summed E-state index contributed by atoms with van der Waals surface area (Å²) in [5.41, 5.74) is 2.28. The van der Waals surface area contributed by atoms with Crippen LogP contribution in [0.3, 0.4) is 0 Å². The first-order valence-electron chi connectivity index (χ1n) is 6.54. The largest absolute Gasteiger partial charge is 0.444 e. The Bertz CT molecular complexity index is 626. The average Bonchev–Trinajstić information content (AvgIpc) is 2.53. The van der Waals surface area contributed by atoms with Crippen LogP contribution in [0.1, 0.15) is 11.1 Å². The molecule has 2 aromatic carbocycles. The zero-order chi connectivity index (χ0) is 15.1. The molecule has 0 aliphatic rings. The van der Waals surface area contributed by atoms with Gasteiger partial charge in [0.15, 0.2) is 0 Å². The third kappa shape index (κ3) is 4.07. The van der Waals surface area contributed by atoms with Gasteiger partial charge in [-0.2, -0.15) is 0 Å². The maximum Gasteiger partial charge on any atom is 0.413 e. The molecule has 0 atom stereocenters. The monoisotopic (exact) mass is 283 g/mol. The van der Waals surface area contributed by atoms with Crippen LogP contribution in [0.2, 0.25) is 0 Å². The van der Waals surface area contributed by atoms with Crippen molar-refractivity contribution in [2.24, 2.45) is 0 Å². The summed E-state index contributed by atoms with van der Waals surface area (Å²) < 4.78 is 5.08. The summed E-state index contributed by atoms with van der Waals surface area (Å²) in [6, 6.07) is 16.6. The molecule has 0 spiro atoms. The van der Waals surface area contributed by atoms with Crippen molar-refractivity contribution in [2.75, 3.05) is 12.4 Å². The van der Waals surface area contributed by atoms with Crippen LogP contribution in [-0.4, -0.2) is 19.0 Å². The lowest BCUT2D eigenvalue weighted by Crippen LogP contribution is -2.31. The zero-order valence-corrected chi connectivity index (χ0v) is 11.7. The van der Waals surface area contributed by atoms with Crippen molar-refractivity contribution in [2.45, 2.75) is 6.61 Å². The lowest BCUT2D eigenvalue weighted by molar-refractivity contribution is 0.145. The molecular formula is C16H17N3O2. The molecule has 0 aliphatic heterocycles. The predicted octanol–water partition coefficient (Wildman–Crippen LogP) is 2.98. The van der Waals surface area contributed by atoms with Crippen molar-refractivity contribution in [1.82, 2.24) is 5.32 Å². The summed E-state index contributed by atoms with van der Waals surface area (Å²) in [6.07, 6.45) is -0.644. The molecule has 0 saturated heterocycles. The topological polar surface area (TPSA) is 74.2 Å². The Morgan fingerprint density at radius 2 is 1.76 bits per heavy atom. The van der Waals surface area contributed by atoms with Gasteiger partial charge in [-0.1, -0.05) is 42.5 Å². The molecule has 1 amide bonds. The van der Waals surface area contributed by atoms with Crippen molar-refractivity contribution in [3.8, 4) is 0 Å². The Morgan fingerprint density at radius 1 is 1.10 bits per heavy atom. The number of para-hydroxylation sites is 1. The highest BCUT2D eigenvalue weighted by Crippen LogP contribution is 2.13. The highest BCUT2D eigenvalue weighted by atomic mass is 16.5. The summed E-state index contributed by atoms with van der Waals surface area (Å²) in [7, 11) is 1.76. The SMILES string of the molecule is CNc1ccccc1C(=N)NC(=O)OCc1ccccc1. The van der Waals surface area contributed by atoms with Gasteiger partial charge in [0.25, 0.3) is 0 Å². The fraction of sp³-hybridized carbons (Fsp3) is 0.125. The van der Waals surface area contributed by atoms with Crippen molar-refractivity contribution in [3.05, 3.63) is 65.7 Å². The van der Waals surface area contributed by atoms with Crippen LogP contribution in [-0.2, 0) is 11.3 Å². The first-order chi connectivity index (χ1) is 10.2. The second-order valence-electron chi connectivity index (χ2n) is 4.36. The third-order valence-electron chi connectivity index (χ3n) is 2.91. The van der Waals surface area contributed by atoms with Crippen LogP contribution >= 0.6 is 0 Å². The van der Waals surface area contributed by atoms with Crippen LogP contribution in [0.5, 0.6) is 0 Å². The summed E-state index contributed by atoms with van der Waals surface area (Å²) in [6.45, 7) is 0.174. The minimum absolute atomic E-state index is 0.00184. The van der Waals surface area contributed by atoms with E-state index >= 15 is 0 Å². The van der Waals surface area contributed by atoms with E-state index in [1.54, 1.807) is 13.1 Å². The molecule has 5 nitrogen and oxygen atoms in total. The van der Waals surface area contributed by atoms with Gasteiger partial charge < -0.3 is 10.1 Å². The first-order valence-corrected chi connectivity index (χ1v) is 6.54. The number of anilines is 1. The number of amidine groups is 1. The summed E-state index contributed by atoms with van der Waals surface area (Å²) in [5, 5.41) is 13.3. The predicted molar refractivity (Wildman–Crippen MR) is 82.6 cm³/mol. The number of alkyl carbamates (subject to hydrolysis) is 1. The minimum atomic E-state index is -0.644. The van der Waals surface area contributed by atoms with Crippen LogP contribution in [0.15, 0.2) is 54.6 Å². The van der Waals surface area contributed by atoms with Crippen molar-refractivity contribution in [3.63, 3.8) is 0 Å². The van der Waals surface area contributed by atoms with E-state index in [0.29, 0.717) is 5.56 Å². The minimum Gasteiger partial charge on any atom is -0.444 e. The zero-order valence-electron chi connectivity index (χ0n) is 11.7. The number of carbonyl (C=O) groups excluding carboxylic acids is 1. The number of carbonyl (C=O) groups is 1. The molecule has 108 valence electrons. The molecule has 3 N–H and O–H groups in total. The highest BCUT2D eigenvalue weighted by Gasteiger charge is 2.10. The Kier molecular flexibility index (Phi) is 4.93. The lowest BCUT2D eigenvalue weighted by Gasteiger charge is -2.11. The quantitative estimate of drug-likeness (QED) is 0.596. The van der Waals surface area contributed by atoms with E-state index < -0.39 is 6.09 Å². The number of benzene rings is 2. The molecule has 0 unspecified atom stereocenters. The van der Waals surface area contributed by atoms with E-state index in [4.69, 9.17) is 10.1 Å². The molecule has 0 heterocycles. The number of hydrogen-bond acceptors (Lipinski definition) is 4. The molecule has 21 heavy (non-hydrogen) atoms. The number of hydrogen-bond donors (Lipinski definition) is 3. The Labute approximate surface area is 123 Å². The number of ether oxygens (including phenoxy) is 1. The molecular weight excluding hydrogens is 266 g/mol. The number of amides is 1. The van der Waals surface area contributed by atoms with Gasteiger partial charge in [0.1, 0.15) is 12.4 Å². The maximum atomic E-state index is 11.7. The van der Waals surface area contributed by atoms with E-state index in [1.165, 1.54) is 0 Å². The van der Waals surface area contributed by atoms with Gasteiger partial charge in [-0.3, -0.25) is 10.7 Å². The molecule has 0 bridgehead atoms. The van der Waals surface area contributed by atoms with Crippen LogP contribution < -0.4 is 10.6 Å². The molecule has 0 radical (unpaired) electrons. The molecule has 5 heteroatoms. The van der Waals surface area contributed by atoms with Crippen molar-refractivity contribution in [1.29, 1.82) is 5.41 Å². The maximum absolute atomic E-state index is 11.7. The highest BCUT2D eigenvalue weighted by molar-refractivity contribution is 6.07. The van der Waals surface area contributed by atoms with Gasteiger partial charge >= 0.3 is 6.09 Å². The van der Waals surface area contributed by atoms with E-state index in [2.05, 4.69) is 10.6 Å². The molecule has 0 fully saturated rings. The van der Waals surface area contributed by atoms with E-state index in [9.17, 15) is 4.79 Å². The molecule has 0 saturated carbocycles. The normalized spacial score (nSPS) is 9.76. The summed E-state index contributed by atoms with van der Waals surface area (Å²) >= 11 is 0. The fourth-order valence-electron chi connectivity index (χ4n) is 1.85. The fourth-order valence-corrected chi connectivity index (χ4v) is 1.85. The van der Waals surface area contributed by atoms with E-state index in [0.717, 1.165) is 11.3 Å². The molecule has 2 rings (SSSR count).